The Bertz CT molecular complexity index is 482. The summed E-state index contributed by atoms with van der Waals surface area (Å²) in [6, 6.07) is 19.8. The fraction of sp³-hybridized carbons (Fsp3) is 0.235. The number of amides is 1. The Morgan fingerprint density at radius 1 is 0.750 bits per heavy atom. The number of carbonyl (C=O) groups is 1. The molecule has 103 valence electrons. The van der Waals surface area contributed by atoms with Crippen molar-refractivity contribution < 1.29 is 9.90 Å². The van der Waals surface area contributed by atoms with Crippen molar-refractivity contribution in [3.63, 3.8) is 0 Å². The maximum atomic E-state index is 11.2. The average molecular weight is 268 g/mol. The van der Waals surface area contributed by atoms with Crippen molar-refractivity contribution in [3.05, 3.63) is 71.8 Å². The van der Waals surface area contributed by atoms with Crippen molar-refractivity contribution >= 4 is 6.09 Å². The zero-order chi connectivity index (χ0) is 14.2. The summed E-state index contributed by atoms with van der Waals surface area (Å²) in [6.07, 6.45) is 0.324. The van der Waals surface area contributed by atoms with Gasteiger partial charge in [-0.25, -0.2) is 9.90 Å². The standard InChI is InChI=1S/C17H18NO2/c19-17(20)18(13-11-15-7-3-1-4-8-15)14-12-16-9-5-2-6-10-16/h1-10H,11-14H2. The smallest absolute Gasteiger partial charge is 0.304 e. The van der Waals surface area contributed by atoms with E-state index in [0.717, 1.165) is 11.1 Å². The fourth-order valence-corrected chi connectivity index (χ4v) is 2.11. The molecule has 0 bridgehead atoms. The van der Waals surface area contributed by atoms with Crippen molar-refractivity contribution in [1.82, 2.24) is 4.90 Å². The topological polar surface area (TPSA) is 40.2 Å². The summed E-state index contributed by atoms with van der Waals surface area (Å²) in [6.45, 7) is 0.943. The van der Waals surface area contributed by atoms with Crippen molar-refractivity contribution in [3.8, 4) is 0 Å². The second-order valence-corrected chi connectivity index (χ2v) is 4.72. The third-order valence-electron chi connectivity index (χ3n) is 3.28. The van der Waals surface area contributed by atoms with E-state index in [4.69, 9.17) is 0 Å². The molecule has 0 aliphatic carbocycles. The SMILES string of the molecule is [O]C(=O)N(CCc1ccccc1)CCc1ccccc1. The molecule has 0 heterocycles. The van der Waals surface area contributed by atoms with Crippen LogP contribution in [0.25, 0.3) is 0 Å². The summed E-state index contributed by atoms with van der Waals surface area (Å²) < 4.78 is 0. The number of nitrogens with zero attached hydrogens (tertiary/aromatic N) is 1. The first-order valence-corrected chi connectivity index (χ1v) is 6.79. The number of rotatable bonds is 6. The van der Waals surface area contributed by atoms with Crippen LogP contribution in [0.2, 0.25) is 0 Å². The third-order valence-corrected chi connectivity index (χ3v) is 3.28. The van der Waals surface area contributed by atoms with Gasteiger partial charge in [0, 0.05) is 13.1 Å². The minimum absolute atomic E-state index is 0.471. The summed E-state index contributed by atoms with van der Waals surface area (Å²) in [7, 11) is 0. The van der Waals surface area contributed by atoms with Crippen molar-refractivity contribution in [2.75, 3.05) is 13.1 Å². The molecule has 2 rings (SSSR count). The lowest BCUT2D eigenvalue weighted by atomic mass is 10.1. The summed E-state index contributed by atoms with van der Waals surface area (Å²) in [4.78, 5) is 12.5. The van der Waals surface area contributed by atoms with Crippen LogP contribution in [0, 0.1) is 0 Å². The molecule has 2 aromatic rings. The molecule has 0 N–H and O–H groups in total. The van der Waals surface area contributed by atoms with Gasteiger partial charge in [-0.05, 0) is 24.0 Å². The molecule has 1 amide bonds. The number of hydrogen-bond acceptors (Lipinski definition) is 1. The van der Waals surface area contributed by atoms with E-state index in [-0.39, 0.29) is 0 Å². The molecule has 0 saturated heterocycles. The lowest BCUT2D eigenvalue weighted by molar-refractivity contribution is 0.120. The highest BCUT2D eigenvalue weighted by Crippen LogP contribution is 2.05. The number of benzene rings is 2. The van der Waals surface area contributed by atoms with E-state index in [9.17, 15) is 9.90 Å². The van der Waals surface area contributed by atoms with Crippen LogP contribution >= 0.6 is 0 Å². The first-order valence-electron chi connectivity index (χ1n) is 6.79. The predicted octanol–water partition coefficient (Wildman–Crippen LogP) is 3.32. The van der Waals surface area contributed by atoms with E-state index in [0.29, 0.717) is 25.9 Å². The molecule has 20 heavy (non-hydrogen) atoms. The van der Waals surface area contributed by atoms with Crippen LogP contribution in [-0.4, -0.2) is 24.1 Å². The van der Waals surface area contributed by atoms with Gasteiger partial charge in [-0.2, -0.15) is 0 Å². The molecule has 3 nitrogen and oxygen atoms in total. The summed E-state index contributed by atoms with van der Waals surface area (Å²) >= 11 is 0. The molecule has 0 spiro atoms. The van der Waals surface area contributed by atoms with Gasteiger partial charge in [0.15, 0.2) is 0 Å². The first kappa shape index (κ1) is 14.1. The first-order chi connectivity index (χ1) is 9.75. The summed E-state index contributed by atoms with van der Waals surface area (Å²) in [5.41, 5.74) is 2.27. The van der Waals surface area contributed by atoms with Gasteiger partial charge in [-0.15, -0.1) is 0 Å². The van der Waals surface area contributed by atoms with E-state index < -0.39 is 6.09 Å². The second kappa shape index (κ2) is 7.34. The fourth-order valence-electron chi connectivity index (χ4n) is 2.11. The molecule has 1 radical (unpaired) electrons. The van der Waals surface area contributed by atoms with E-state index >= 15 is 0 Å². The Kier molecular flexibility index (Phi) is 5.18. The van der Waals surface area contributed by atoms with Gasteiger partial charge >= 0.3 is 6.09 Å². The van der Waals surface area contributed by atoms with E-state index in [1.165, 1.54) is 4.90 Å². The molecule has 0 aromatic heterocycles. The summed E-state index contributed by atoms with van der Waals surface area (Å²) in [5, 5.41) is 11.2. The van der Waals surface area contributed by atoms with Crippen LogP contribution < -0.4 is 0 Å². The normalized spacial score (nSPS) is 10.2. The Balaban J connectivity index is 1.86. The quantitative estimate of drug-likeness (QED) is 0.792. The molecule has 3 heteroatoms. The predicted molar refractivity (Wildman–Crippen MR) is 77.9 cm³/mol. The minimum Gasteiger partial charge on any atom is -0.304 e. The van der Waals surface area contributed by atoms with E-state index in [1.807, 2.05) is 60.7 Å². The Labute approximate surface area is 119 Å². The lowest BCUT2D eigenvalue weighted by Gasteiger charge is -2.18. The van der Waals surface area contributed by atoms with Crippen LogP contribution in [0.3, 0.4) is 0 Å². The lowest BCUT2D eigenvalue weighted by Crippen LogP contribution is -2.32. The highest BCUT2D eigenvalue weighted by Gasteiger charge is 2.13. The van der Waals surface area contributed by atoms with Crippen LogP contribution in [0.4, 0.5) is 4.79 Å². The number of carbonyl (C=O) groups excluding carboxylic acids is 1. The van der Waals surface area contributed by atoms with Crippen LogP contribution in [-0.2, 0) is 17.9 Å². The van der Waals surface area contributed by atoms with Crippen LogP contribution in [0.5, 0.6) is 0 Å². The largest absolute Gasteiger partial charge is 0.453 e. The van der Waals surface area contributed by atoms with Gasteiger partial charge in [0.1, 0.15) is 0 Å². The molecule has 0 saturated carbocycles. The monoisotopic (exact) mass is 268 g/mol. The Hall–Kier alpha value is -2.29. The maximum absolute atomic E-state index is 11.2. The van der Waals surface area contributed by atoms with Crippen LogP contribution in [0.15, 0.2) is 60.7 Å². The zero-order valence-corrected chi connectivity index (χ0v) is 11.4. The molecular formula is C17H18NO2. The van der Waals surface area contributed by atoms with Gasteiger partial charge < -0.3 is 4.90 Å². The molecule has 2 aromatic carbocycles. The second-order valence-electron chi connectivity index (χ2n) is 4.72. The molecule has 0 aliphatic heterocycles. The van der Waals surface area contributed by atoms with E-state index in [2.05, 4.69) is 0 Å². The average Bonchev–Trinajstić information content (AvgIpc) is 2.49. The van der Waals surface area contributed by atoms with Crippen molar-refractivity contribution in [2.45, 2.75) is 12.8 Å². The summed E-state index contributed by atoms with van der Waals surface area (Å²) in [5.74, 6) is 0. The van der Waals surface area contributed by atoms with Gasteiger partial charge in [0.2, 0.25) is 0 Å². The zero-order valence-electron chi connectivity index (χ0n) is 11.4. The molecule has 0 aliphatic rings. The minimum atomic E-state index is -1.10. The van der Waals surface area contributed by atoms with Crippen molar-refractivity contribution in [1.29, 1.82) is 0 Å². The van der Waals surface area contributed by atoms with Gasteiger partial charge in [0.25, 0.3) is 0 Å². The van der Waals surface area contributed by atoms with Crippen LogP contribution in [0.1, 0.15) is 11.1 Å². The highest BCUT2D eigenvalue weighted by molar-refractivity contribution is 5.64. The third kappa shape index (κ3) is 4.43. The Morgan fingerprint density at radius 2 is 1.15 bits per heavy atom. The number of hydrogen-bond donors (Lipinski definition) is 0. The van der Waals surface area contributed by atoms with Gasteiger partial charge in [-0.1, -0.05) is 60.7 Å². The molecular weight excluding hydrogens is 250 g/mol. The highest BCUT2D eigenvalue weighted by atomic mass is 16.4. The van der Waals surface area contributed by atoms with Gasteiger partial charge in [0.05, 0.1) is 0 Å². The molecule has 0 unspecified atom stereocenters. The molecule has 0 fully saturated rings. The Morgan fingerprint density at radius 3 is 1.50 bits per heavy atom. The molecule has 0 atom stereocenters. The van der Waals surface area contributed by atoms with Gasteiger partial charge in [-0.3, -0.25) is 0 Å². The van der Waals surface area contributed by atoms with Crippen molar-refractivity contribution in [2.24, 2.45) is 0 Å². The van der Waals surface area contributed by atoms with E-state index in [1.54, 1.807) is 0 Å². The maximum Gasteiger partial charge on any atom is 0.453 e.